The van der Waals surface area contributed by atoms with Crippen molar-refractivity contribution in [2.45, 2.75) is 30.3 Å². The minimum Gasteiger partial charge on any atom is -0.376 e. The zero-order chi connectivity index (χ0) is 18.9. The van der Waals surface area contributed by atoms with E-state index in [1.807, 2.05) is 6.07 Å². The molecule has 4 heterocycles. The van der Waals surface area contributed by atoms with Gasteiger partial charge in [0, 0.05) is 43.3 Å². The Balaban J connectivity index is 1.54. The zero-order valence-electron chi connectivity index (χ0n) is 15.2. The summed E-state index contributed by atoms with van der Waals surface area (Å²) in [6.45, 7) is 5.64. The highest BCUT2D eigenvalue weighted by Gasteiger charge is 2.45. The number of nitrogens with one attached hydrogen (secondary N) is 2. The van der Waals surface area contributed by atoms with Crippen LogP contribution in [0.1, 0.15) is 18.9 Å². The maximum absolute atomic E-state index is 12.3. The molecule has 0 amide bonds. The minimum absolute atomic E-state index is 0.114. The van der Waals surface area contributed by atoms with E-state index in [-0.39, 0.29) is 17.2 Å². The van der Waals surface area contributed by atoms with E-state index >= 15 is 0 Å². The van der Waals surface area contributed by atoms with Gasteiger partial charge in [-0.3, -0.25) is 10.2 Å². The van der Waals surface area contributed by atoms with Gasteiger partial charge in [-0.05, 0) is 19.4 Å². The van der Waals surface area contributed by atoms with Crippen molar-refractivity contribution in [2.24, 2.45) is 0 Å². The monoisotopic (exact) mass is 434 g/mol. The Bertz CT molecular complexity index is 854. The molecule has 2 saturated heterocycles. The second kappa shape index (κ2) is 7.57. The summed E-state index contributed by atoms with van der Waals surface area (Å²) >= 11 is 3.32. The van der Waals surface area contributed by atoms with Gasteiger partial charge < -0.3 is 15.0 Å². The van der Waals surface area contributed by atoms with Crippen LogP contribution in [0.5, 0.6) is 0 Å². The molecule has 2 aromatic heterocycles. The molecule has 2 atom stereocenters. The Morgan fingerprint density at radius 1 is 1.44 bits per heavy atom. The van der Waals surface area contributed by atoms with E-state index in [0.29, 0.717) is 16.7 Å². The summed E-state index contributed by atoms with van der Waals surface area (Å²) in [5.74, 6) is 1.34. The molecule has 9 heteroatoms. The summed E-state index contributed by atoms with van der Waals surface area (Å²) in [5, 5.41) is 3.96. The Morgan fingerprint density at radius 3 is 2.96 bits per heavy atom. The van der Waals surface area contributed by atoms with Gasteiger partial charge in [0.25, 0.3) is 5.56 Å². The van der Waals surface area contributed by atoms with Gasteiger partial charge in [-0.2, -0.15) is 0 Å². The number of pyridine rings is 1. The molecule has 1 unspecified atom stereocenters. The van der Waals surface area contributed by atoms with E-state index in [0.717, 1.165) is 38.5 Å². The van der Waals surface area contributed by atoms with E-state index < -0.39 is 0 Å². The van der Waals surface area contributed by atoms with Gasteiger partial charge in [0.2, 0.25) is 0 Å². The van der Waals surface area contributed by atoms with Gasteiger partial charge in [-0.15, -0.1) is 0 Å². The third-order valence-corrected chi connectivity index (χ3v) is 5.93. The number of nitrogens with zero attached hydrogens (tertiary/aromatic N) is 4. The van der Waals surface area contributed by atoms with E-state index in [9.17, 15) is 4.79 Å². The lowest BCUT2D eigenvalue weighted by molar-refractivity contribution is -0.0939. The first-order chi connectivity index (χ1) is 13.1. The second-order valence-electron chi connectivity index (χ2n) is 7.05. The van der Waals surface area contributed by atoms with Crippen LogP contribution in [0.4, 0.5) is 11.6 Å². The van der Waals surface area contributed by atoms with Crippen molar-refractivity contribution >= 4 is 27.6 Å². The van der Waals surface area contributed by atoms with Crippen molar-refractivity contribution in [2.75, 3.05) is 36.6 Å². The van der Waals surface area contributed by atoms with Gasteiger partial charge in [-0.25, -0.2) is 14.6 Å². The molecule has 27 heavy (non-hydrogen) atoms. The summed E-state index contributed by atoms with van der Waals surface area (Å²) in [5.41, 5.74) is 3.42. The number of ether oxygens (including phenoxy) is 1. The van der Waals surface area contributed by atoms with Crippen LogP contribution in [0.2, 0.25) is 0 Å². The molecule has 0 aromatic carbocycles. The predicted molar refractivity (Wildman–Crippen MR) is 107 cm³/mol. The van der Waals surface area contributed by atoms with Crippen molar-refractivity contribution in [3.8, 4) is 0 Å². The molecule has 2 aliphatic rings. The first kappa shape index (κ1) is 18.4. The van der Waals surface area contributed by atoms with Gasteiger partial charge >= 0.3 is 0 Å². The Morgan fingerprint density at radius 2 is 2.30 bits per heavy atom. The number of halogens is 1. The fourth-order valence-corrected chi connectivity index (χ4v) is 4.07. The van der Waals surface area contributed by atoms with E-state index in [2.05, 4.69) is 48.5 Å². The van der Waals surface area contributed by atoms with Crippen molar-refractivity contribution in [3.63, 3.8) is 0 Å². The summed E-state index contributed by atoms with van der Waals surface area (Å²) in [4.78, 5) is 23.7. The number of hydrogen-bond acceptors (Lipinski definition) is 7. The number of hydrogen-bond donors (Lipinski definition) is 2. The molecule has 2 aliphatic heterocycles. The van der Waals surface area contributed by atoms with Gasteiger partial charge in [0.15, 0.2) is 5.82 Å². The molecule has 2 fully saturated rings. The second-order valence-corrected chi connectivity index (χ2v) is 7.61. The van der Waals surface area contributed by atoms with Crippen molar-refractivity contribution in [1.82, 2.24) is 20.0 Å². The predicted octanol–water partition coefficient (Wildman–Crippen LogP) is 1.37. The molecule has 2 N–H and O–H groups in total. The number of aromatic nitrogens is 3. The fourth-order valence-electron chi connectivity index (χ4n) is 3.64. The van der Waals surface area contributed by atoms with Crippen LogP contribution in [0.15, 0.2) is 35.5 Å². The van der Waals surface area contributed by atoms with Crippen molar-refractivity contribution < 1.29 is 4.74 Å². The Labute approximate surface area is 166 Å². The largest absolute Gasteiger partial charge is 0.376 e. The molecule has 8 nitrogen and oxygen atoms in total. The van der Waals surface area contributed by atoms with Crippen LogP contribution >= 0.6 is 15.9 Å². The molecule has 0 saturated carbocycles. The molecule has 0 spiro atoms. The highest BCUT2D eigenvalue weighted by Crippen LogP contribution is 2.33. The highest BCUT2D eigenvalue weighted by atomic mass is 79.9. The zero-order valence-corrected chi connectivity index (χ0v) is 16.8. The smallest absolute Gasteiger partial charge is 0.273 e. The number of rotatable bonds is 5. The normalized spacial score (nSPS) is 25.1. The fraction of sp³-hybridized carbons (Fsp3) is 0.500. The SMILES string of the molecule is C[C@@]1(C2CCO2)CNCCN1c1cnc(Nn2cccc(CBr)c2=O)cn1. The number of piperazine rings is 1. The number of anilines is 2. The van der Waals surface area contributed by atoms with Crippen LogP contribution in [0, 0.1) is 0 Å². The van der Waals surface area contributed by atoms with Gasteiger partial charge in [-0.1, -0.05) is 22.0 Å². The van der Waals surface area contributed by atoms with Crippen LogP contribution in [-0.2, 0) is 10.1 Å². The third kappa shape index (κ3) is 3.46. The van der Waals surface area contributed by atoms with E-state index in [1.54, 1.807) is 24.7 Å². The summed E-state index contributed by atoms with van der Waals surface area (Å²) in [7, 11) is 0. The summed E-state index contributed by atoms with van der Waals surface area (Å²) in [6, 6.07) is 3.61. The molecule has 0 bridgehead atoms. The van der Waals surface area contributed by atoms with Crippen LogP contribution in [-0.4, -0.2) is 52.5 Å². The third-order valence-electron chi connectivity index (χ3n) is 5.32. The molecular formula is C18H23BrN6O2. The average Bonchev–Trinajstić information content (AvgIpc) is 2.63. The first-order valence-electron chi connectivity index (χ1n) is 9.07. The van der Waals surface area contributed by atoms with Crippen LogP contribution < -0.4 is 21.2 Å². The molecule has 0 aliphatic carbocycles. The van der Waals surface area contributed by atoms with Crippen LogP contribution in [0.3, 0.4) is 0 Å². The molecular weight excluding hydrogens is 412 g/mol. The quantitative estimate of drug-likeness (QED) is 0.687. The Hall–Kier alpha value is -1.97. The molecule has 4 rings (SSSR count). The lowest BCUT2D eigenvalue weighted by Gasteiger charge is -2.52. The summed E-state index contributed by atoms with van der Waals surface area (Å²) in [6.07, 6.45) is 6.35. The molecule has 144 valence electrons. The minimum atomic E-state index is -0.138. The van der Waals surface area contributed by atoms with Gasteiger partial charge in [0.05, 0.1) is 24.0 Å². The maximum Gasteiger partial charge on any atom is 0.273 e. The standard InChI is InChI=1S/C18H23BrN6O2/c1-18(14-4-8-27-14)12-20-5-7-24(18)16-11-21-15(10-22-16)23-25-6-2-3-13(9-19)17(25)26/h2-3,6,10-11,14,20H,4-5,7-9,12H2,1H3,(H,21,23)/t14?,18-/m0/s1. The lowest BCUT2D eigenvalue weighted by Crippen LogP contribution is -2.68. The topological polar surface area (TPSA) is 84.3 Å². The van der Waals surface area contributed by atoms with Crippen molar-refractivity contribution in [1.29, 1.82) is 0 Å². The lowest BCUT2D eigenvalue weighted by atomic mass is 9.86. The molecule has 0 radical (unpaired) electrons. The van der Waals surface area contributed by atoms with Crippen LogP contribution in [0.25, 0.3) is 0 Å². The Kier molecular flexibility index (Phi) is 5.16. The van der Waals surface area contributed by atoms with E-state index in [4.69, 9.17) is 4.74 Å². The average molecular weight is 435 g/mol. The number of alkyl halides is 1. The van der Waals surface area contributed by atoms with Gasteiger partial charge in [0.1, 0.15) is 5.82 Å². The first-order valence-corrected chi connectivity index (χ1v) is 10.2. The summed E-state index contributed by atoms with van der Waals surface area (Å²) < 4.78 is 7.19. The molecule has 2 aromatic rings. The maximum atomic E-state index is 12.3. The van der Waals surface area contributed by atoms with E-state index in [1.165, 1.54) is 4.68 Å². The highest BCUT2D eigenvalue weighted by molar-refractivity contribution is 9.08. The van der Waals surface area contributed by atoms with Crippen molar-refractivity contribution in [3.05, 3.63) is 46.6 Å².